The van der Waals surface area contributed by atoms with Gasteiger partial charge >= 0.3 is 0 Å². The molecule has 0 aliphatic rings. The van der Waals surface area contributed by atoms with Gasteiger partial charge in [-0.2, -0.15) is 0 Å². The second-order valence-electron chi connectivity index (χ2n) is 4.81. The molecule has 2 aromatic rings. The summed E-state index contributed by atoms with van der Waals surface area (Å²) in [5.41, 5.74) is 0.820. The van der Waals surface area contributed by atoms with E-state index in [1.165, 1.54) is 0 Å². The lowest BCUT2D eigenvalue weighted by Gasteiger charge is -2.18. The minimum atomic E-state index is -0.543. The predicted octanol–water partition coefficient (Wildman–Crippen LogP) is 1.83. The molecule has 1 N–H and O–H groups in total. The predicted molar refractivity (Wildman–Crippen MR) is 79.0 cm³/mol. The SMILES string of the molecule is COCC(O)CN(C)Cc1nnc(-c2ccc(Cl)cc2)o1. The van der Waals surface area contributed by atoms with Crippen molar-refractivity contribution in [1.29, 1.82) is 0 Å². The average Bonchev–Trinajstić information content (AvgIpc) is 2.88. The summed E-state index contributed by atoms with van der Waals surface area (Å²) in [5, 5.41) is 18.3. The van der Waals surface area contributed by atoms with Crippen LogP contribution in [-0.2, 0) is 11.3 Å². The van der Waals surface area contributed by atoms with Crippen molar-refractivity contribution < 1.29 is 14.3 Å². The van der Waals surface area contributed by atoms with Crippen molar-refractivity contribution in [3.63, 3.8) is 0 Å². The highest BCUT2D eigenvalue weighted by Gasteiger charge is 2.13. The molecule has 0 amide bonds. The van der Waals surface area contributed by atoms with Crippen molar-refractivity contribution >= 4 is 11.6 Å². The molecular formula is C14H18ClN3O3. The molecular weight excluding hydrogens is 294 g/mol. The van der Waals surface area contributed by atoms with Gasteiger partial charge in [0.05, 0.1) is 19.3 Å². The van der Waals surface area contributed by atoms with Crippen molar-refractivity contribution in [2.45, 2.75) is 12.6 Å². The van der Waals surface area contributed by atoms with Gasteiger partial charge in [0.2, 0.25) is 11.8 Å². The van der Waals surface area contributed by atoms with E-state index < -0.39 is 6.10 Å². The van der Waals surface area contributed by atoms with Crippen LogP contribution in [0.2, 0.25) is 5.02 Å². The normalized spacial score (nSPS) is 12.8. The van der Waals surface area contributed by atoms with Gasteiger partial charge in [-0.1, -0.05) is 11.6 Å². The number of methoxy groups -OCH3 is 1. The molecule has 6 nitrogen and oxygen atoms in total. The van der Waals surface area contributed by atoms with Gasteiger partial charge in [0.25, 0.3) is 0 Å². The number of ether oxygens (including phenoxy) is 1. The summed E-state index contributed by atoms with van der Waals surface area (Å²) in [4.78, 5) is 1.89. The molecule has 0 radical (unpaired) electrons. The molecule has 0 bridgehead atoms. The van der Waals surface area contributed by atoms with E-state index in [0.717, 1.165) is 5.56 Å². The summed E-state index contributed by atoms with van der Waals surface area (Å²) >= 11 is 5.84. The Morgan fingerprint density at radius 1 is 1.33 bits per heavy atom. The van der Waals surface area contributed by atoms with E-state index in [1.807, 2.05) is 24.1 Å². The number of benzene rings is 1. The fraction of sp³-hybridized carbons (Fsp3) is 0.429. The molecule has 1 atom stereocenters. The van der Waals surface area contributed by atoms with Crippen LogP contribution in [0.5, 0.6) is 0 Å². The van der Waals surface area contributed by atoms with E-state index >= 15 is 0 Å². The van der Waals surface area contributed by atoms with Gasteiger partial charge < -0.3 is 14.3 Å². The van der Waals surface area contributed by atoms with Crippen molar-refractivity contribution in [2.24, 2.45) is 0 Å². The van der Waals surface area contributed by atoms with E-state index in [0.29, 0.717) is 36.5 Å². The van der Waals surface area contributed by atoms with E-state index in [2.05, 4.69) is 10.2 Å². The monoisotopic (exact) mass is 311 g/mol. The first-order chi connectivity index (χ1) is 10.1. The van der Waals surface area contributed by atoms with Crippen LogP contribution in [0.3, 0.4) is 0 Å². The van der Waals surface area contributed by atoms with Gasteiger partial charge in [0, 0.05) is 24.2 Å². The lowest BCUT2D eigenvalue weighted by molar-refractivity contribution is 0.0404. The summed E-state index contributed by atoms with van der Waals surface area (Å²) in [6.07, 6.45) is -0.543. The van der Waals surface area contributed by atoms with Crippen LogP contribution in [0.25, 0.3) is 11.5 Å². The molecule has 0 fully saturated rings. The molecule has 2 rings (SSSR count). The number of hydrogen-bond acceptors (Lipinski definition) is 6. The Hall–Kier alpha value is -1.47. The standard InChI is InChI=1S/C14H18ClN3O3/c1-18(7-12(19)9-20-2)8-13-16-17-14(21-13)10-3-5-11(15)6-4-10/h3-6,12,19H,7-9H2,1-2H3. The van der Waals surface area contributed by atoms with Crippen LogP contribution in [0.15, 0.2) is 28.7 Å². The van der Waals surface area contributed by atoms with Crippen molar-refractivity contribution in [1.82, 2.24) is 15.1 Å². The van der Waals surface area contributed by atoms with E-state index in [-0.39, 0.29) is 0 Å². The van der Waals surface area contributed by atoms with Gasteiger partial charge in [-0.3, -0.25) is 4.90 Å². The van der Waals surface area contributed by atoms with Gasteiger partial charge in [-0.05, 0) is 31.3 Å². The third kappa shape index (κ3) is 4.78. The van der Waals surface area contributed by atoms with Crippen LogP contribution in [0.1, 0.15) is 5.89 Å². The molecule has 0 aliphatic carbocycles. The molecule has 1 aromatic carbocycles. The average molecular weight is 312 g/mol. The largest absolute Gasteiger partial charge is 0.419 e. The first-order valence-electron chi connectivity index (χ1n) is 6.52. The number of likely N-dealkylation sites (N-methyl/N-ethyl adjacent to an activating group) is 1. The van der Waals surface area contributed by atoms with E-state index in [4.69, 9.17) is 20.8 Å². The van der Waals surface area contributed by atoms with Crippen LogP contribution < -0.4 is 0 Å². The molecule has 0 saturated carbocycles. The minimum absolute atomic E-state index is 0.296. The van der Waals surface area contributed by atoms with Gasteiger partial charge in [-0.15, -0.1) is 10.2 Å². The third-order valence-electron chi connectivity index (χ3n) is 2.84. The highest BCUT2D eigenvalue weighted by Crippen LogP contribution is 2.20. The Labute approximate surface area is 128 Å². The Morgan fingerprint density at radius 3 is 2.71 bits per heavy atom. The Kier molecular flexibility index (Phi) is 5.69. The molecule has 114 valence electrons. The van der Waals surface area contributed by atoms with E-state index in [1.54, 1.807) is 19.2 Å². The molecule has 0 spiro atoms. The molecule has 7 heteroatoms. The number of nitrogens with zero attached hydrogens (tertiary/aromatic N) is 3. The highest BCUT2D eigenvalue weighted by molar-refractivity contribution is 6.30. The minimum Gasteiger partial charge on any atom is -0.419 e. The lowest BCUT2D eigenvalue weighted by atomic mass is 10.2. The molecule has 21 heavy (non-hydrogen) atoms. The Morgan fingerprint density at radius 2 is 2.05 bits per heavy atom. The number of aromatic nitrogens is 2. The van der Waals surface area contributed by atoms with E-state index in [9.17, 15) is 5.11 Å². The zero-order valence-corrected chi connectivity index (χ0v) is 12.7. The van der Waals surface area contributed by atoms with Gasteiger partial charge in [-0.25, -0.2) is 0 Å². The Bertz CT molecular complexity index is 559. The van der Waals surface area contributed by atoms with Crippen molar-refractivity contribution in [2.75, 3.05) is 27.3 Å². The van der Waals surface area contributed by atoms with Crippen molar-refractivity contribution in [3.05, 3.63) is 35.2 Å². The fourth-order valence-corrected chi connectivity index (χ4v) is 2.05. The first kappa shape index (κ1) is 15.9. The summed E-state index contributed by atoms with van der Waals surface area (Å²) in [5.74, 6) is 0.944. The van der Waals surface area contributed by atoms with Gasteiger partial charge in [0.1, 0.15) is 0 Å². The maximum absolute atomic E-state index is 9.66. The molecule has 1 unspecified atom stereocenters. The summed E-state index contributed by atoms with van der Waals surface area (Å²) in [6.45, 7) is 1.22. The molecule has 1 heterocycles. The first-order valence-corrected chi connectivity index (χ1v) is 6.90. The fourth-order valence-electron chi connectivity index (χ4n) is 1.93. The molecule has 0 aliphatic heterocycles. The maximum Gasteiger partial charge on any atom is 0.247 e. The summed E-state index contributed by atoms with van der Waals surface area (Å²) in [6, 6.07) is 7.19. The van der Waals surface area contributed by atoms with Crippen LogP contribution >= 0.6 is 11.6 Å². The number of halogens is 1. The Balaban J connectivity index is 1.95. The summed E-state index contributed by atoms with van der Waals surface area (Å²) in [7, 11) is 3.42. The van der Waals surface area contributed by atoms with Crippen LogP contribution in [-0.4, -0.2) is 53.6 Å². The maximum atomic E-state index is 9.66. The number of aliphatic hydroxyl groups is 1. The molecule has 0 saturated heterocycles. The second-order valence-corrected chi connectivity index (χ2v) is 5.25. The third-order valence-corrected chi connectivity index (χ3v) is 3.10. The second kappa shape index (κ2) is 7.51. The highest BCUT2D eigenvalue weighted by atomic mass is 35.5. The lowest BCUT2D eigenvalue weighted by Crippen LogP contribution is -2.31. The number of rotatable bonds is 7. The quantitative estimate of drug-likeness (QED) is 0.841. The summed E-state index contributed by atoms with van der Waals surface area (Å²) < 4.78 is 10.5. The number of aliphatic hydroxyl groups excluding tert-OH is 1. The van der Waals surface area contributed by atoms with Gasteiger partial charge in [0.15, 0.2) is 0 Å². The van der Waals surface area contributed by atoms with Crippen LogP contribution in [0.4, 0.5) is 0 Å². The van der Waals surface area contributed by atoms with Crippen LogP contribution in [0, 0.1) is 0 Å². The zero-order valence-electron chi connectivity index (χ0n) is 12.0. The van der Waals surface area contributed by atoms with Crippen molar-refractivity contribution in [3.8, 4) is 11.5 Å². The zero-order chi connectivity index (χ0) is 15.2. The smallest absolute Gasteiger partial charge is 0.247 e. The number of hydrogen-bond donors (Lipinski definition) is 1. The topological polar surface area (TPSA) is 71.6 Å². The molecule has 1 aromatic heterocycles.